The van der Waals surface area contributed by atoms with Gasteiger partial charge in [-0.2, -0.15) is 10.7 Å². The van der Waals surface area contributed by atoms with E-state index in [9.17, 15) is 10.4 Å². The van der Waals surface area contributed by atoms with Crippen molar-refractivity contribution in [2.24, 2.45) is 0 Å². The smallest absolute Gasteiger partial charge is 0.160 e. The van der Waals surface area contributed by atoms with E-state index in [1.54, 1.807) is 0 Å². The number of ether oxygens (including phenoxy) is 3. The van der Waals surface area contributed by atoms with Crippen molar-refractivity contribution in [1.29, 1.82) is 5.26 Å². The van der Waals surface area contributed by atoms with Crippen LogP contribution in [-0.2, 0) is 19.0 Å². The summed E-state index contributed by atoms with van der Waals surface area (Å²) >= 11 is 0. The Bertz CT molecular complexity index is 421. The van der Waals surface area contributed by atoms with Gasteiger partial charge in [-0.15, -0.1) is 0 Å². The highest BCUT2D eigenvalue weighted by Crippen LogP contribution is 2.43. The Hall–Kier alpha value is -1.01. The highest BCUT2D eigenvalue weighted by atomic mass is 16.7. The molecule has 0 radical (unpaired) electrons. The molecule has 7 heteroatoms. The van der Waals surface area contributed by atoms with E-state index in [1.165, 1.54) is 20.3 Å². The summed E-state index contributed by atoms with van der Waals surface area (Å²) in [6.45, 7) is 2.27. The van der Waals surface area contributed by atoms with Crippen molar-refractivity contribution in [3.05, 3.63) is 11.6 Å². The second kappa shape index (κ2) is 6.18. The van der Waals surface area contributed by atoms with Crippen molar-refractivity contribution in [3.8, 4) is 6.07 Å². The molecule has 1 saturated heterocycles. The number of methoxy groups -OCH3 is 2. The maximum atomic E-state index is 10.1. The van der Waals surface area contributed by atoms with E-state index in [4.69, 9.17) is 19.0 Å². The molecular formula is C13H20N2O5. The summed E-state index contributed by atoms with van der Waals surface area (Å²) in [5.41, 5.74) is 2.41. The minimum atomic E-state index is -0.910. The van der Waals surface area contributed by atoms with Crippen LogP contribution in [0.2, 0.25) is 0 Å². The van der Waals surface area contributed by atoms with Crippen LogP contribution in [0.4, 0.5) is 0 Å². The van der Waals surface area contributed by atoms with Crippen molar-refractivity contribution >= 4 is 0 Å². The van der Waals surface area contributed by atoms with Crippen LogP contribution in [0.3, 0.4) is 0 Å². The quantitative estimate of drug-likeness (QED) is 0.679. The molecule has 112 valence electrons. The first-order valence-corrected chi connectivity index (χ1v) is 6.53. The molecule has 7 nitrogen and oxygen atoms in total. The summed E-state index contributed by atoms with van der Waals surface area (Å²) in [6.07, 6.45) is -0.684. The minimum absolute atomic E-state index is 0.372. The number of hydrogen-bond acceptors (Lipinski definition) is 7. The molecule has 5 atom stereocenters. The van der Waals surface area contributed by atoms with Gasteiger partial charge in [0.25, 0.3) is 0 Å². The van der Waals surface area contributed by atoms with Crippen LogP contribution in [0, 0.1) is 11.3 Å². The molecule has 1 heterocycles. The molecule has 2 N–H and O–H groups in total. The average molecular weight is 284 g/mol. The van der Waals surface area contributed by atoms with Crippen LogP contribution in [0.15, 0.2) is 11.6 Å². The van der Waals surface area contributed by atoms with Gasteiger partial charge in [-0.3, -0.25) is 0 Å². The largest absolute Gasteiger partial charge is 0.386 e. The third kappa shape index (κ3) is 2.35. The fourth-order valence-corrected chi connectivity index (χ4v) is 2.82. The van der Waals surface area contributed by atoms with Crippen LogP contribution >= 0.6 is 0 Å². The van der Waals surface area contributed by atoms with E-state index in [-0.39, 0.29) is 0 Å². The van der Waals surface area contributed by atoms with E-state index in [2.05, 4.69) is 11.5 Å². The fourth-order valence-electron chi connectivity index (χ4n) is 2.82. The van der Waals surface area contributed by atoms with Crippen LogP contribution in [-0.4, -0.2) is 56.1 Å². The topological polar surface area (TPSA) is 93.0 Å². The van der Waals surface area contributed by atoms with E-state index < -0.39 is 30.1 Å². The zero-order valence-electron chi connectivity index (χ0n) is 11.8. The number of nitriles is 1. The number of aliphatic hydroxyl groups is 1. The highest BCUT2D eigenvalue weighted by Gasteiger charge is 2.59. The van der Waals surface area contributed by atoms with Gasteiger partial charge in [0.15, 0.2) is 6.29 Å². The molecule has 0 aromatic carbocycles. The van der Waals surface area contributed by atoms with Gasteiger partial charge in [-0.1, -0.05) is 0 Å². The lowest BCUT2D eigenvalue weighted by Crippen LogP contribution is -2.62. The number of hydrogen-bond donors (Lipinski definition) is 2. The van der Waals surface area contributed by atoms with Gasteiger partial charge < -0.3 is 24.2 Å². The molecular weight excluding hydrogens is 264 g/mol. The normalized spacial score (nSPS) is 40.0. The number of fused-ring (bicyclic) bond motifs is 1. The lowest BCUT2D eigenvalue weighted by atomic mass is 9.75. The molecule has 5 unspecified atom stereocenters. The second-order valence-electron chi connectivity index (χ2n) is 4.82. The molecule has 0 saturated carbocycles. The summed E-state index contributed by atoms with van der Waals surface area (Å²) in [7, 11) is 3.03. The molecule has 1 fully saturated rings. The summed E-state index contributed by atoms with van der Waals surface area (Å²) in [6, 6.07) is 2.11. The van der Waals surface area contributed by atoms with Gasteiger partial charge in [0, 0.05) is 20.6 Å². The number of nitrogens with one attached hydrogen (secondary N) is 1. The van der Waals surface area contributed by atoms with Crippen molar-refractivity contribution in [2.45, 2.75) is 43.5 Å². The predicted molar refractivity (Wildman–Crippen MR) is 68.3 cm³/mol. The van der Waals surface area contributed by atoms with Gasteiger partial charge in [-0.05, 0) is 13.0 Å². The van der Waals surface area contributed by atoms with E-state index >= 15 is 0 Å². The molecule has 1 aliphatic carbocycles. The SMILES string of the molecule is CCONC12CC(OC)OC1C(OC)C(O)C=C2C#N. The van der Waals surface area contributed by atoms with Crippen molar-refractivity contribution in [3.63, 3.8) is 0 Å². The van der Waals surface area contributed by atoms with Crippen molar-refractivity contribution < 1.29 is 24.2 Å². The van der Waals surface area contributed by atoms with Crippen LogP contribution < -0.4 is 5.48 Å². The summed E-state index contributed by atoms with van der Waals surface area (Å²) in [5.74, 6) is 0. The Labute approximate surface area is 118 Å². The van der Waals surface area contributed by atoms with Gasteiger partial charge in [0.1, 0.15) is 23.9 Å². The molecule has 0 spiro atoms. The zero-order chi connectivity index (χ0) is 14.8. The standard InChI is InChI=1S/C13H20N2O5/c1-4-19-15-13-6-10(17-2)20-12(13)11(18-3)9(16)5-8(13)7-14/h5,9-12,15-16H,4,6H2,1-3H3. The lowest BCUT2D eigenvalue weighted by molar-refractivity contribution is -0.170. The van der Waals surface area contributed by atoms with Gasteiger partial charge in [0.2, 0.25) is 0 Å². The van der Waals surface area contributed by atoms with Crippen molar-refractivity contribution in [2.75, 3.05) is 20.8 Å². The number of hydroxylamine groups is 1. The van der Waals surface area contributed by atoms with Gasteiger partial charge in [0.05, 0.1) is 18.2 Å². The Kier molecular flexibility index (Phi) is 4.75. The van der Waals surface area contributed by atoms with Gasteiger partial charge in [-0.25, -0.2) is 0 Å². The summed E-state index contributed by atoms with van der Waals surface area (Å²) < 4.78 is 16.3. The molecule has 1 aliphatic heterocycles. The fraction of sp³-hybridized carbons (Fsp3) is 0.769. The summed E-state index contributed by atoms with van der Waals surface area (Å²) in [4.78, 5) is 5.32. The number of rotatable bonds is 5. The van der Waals surface area contributed by atoms with Crippen LogP contribution in [0.5, 0.6) is 0 Å². The first-order chi connectivity index (χ1) is 9.62. The number of aliphatic hydroxyl groups excluding tert-OH is 1. The molecule has 0 amide bonds. The minimum Gasteiger partial charge on any atom is -0.386 e. The lowest BCUT2D eigenvalue weighted by Gasteiger charge is -2.41. The van der Waals surface area contributed by atoms with Crippen molar-refractivity contribution in [1.82, 2.24) is 5.48 Å². The van der Waals surface area contributed by atoms with E-state index in [0.29, 0.717) is 18.6 Å². The third-order valence-electron chi connectivity index (χ3n) is 3.78. The number of nitrogens with zero attached hydrogens (tertiary/aromatic N) is 1. The Morgan fingerprint density at radius 3 is 2.85 bits per heavy atom. The highest BCUT2D eigenvalue weighted by molar-refractivity contribution is 5.41. The summed E-state index contributed by atoms with van der Waals surface area (Å²) in [5, 5.41) is 19.5. The third-order valence-corrected chi connectivity index (χ3v) is 3.78. The molecule has 20 heavy (non-hydrogen) atoms. The Balaban J connectivity index is 2.41. The maximum Gasteiger partial charge on any atom is 0.160 e. The first kappa shape index (κ1) is 15.4. The second-order valence-corrected chi connectivity index (χ2v) is 4.82. The molecule has 2 rings (SSSR count). The molecule has 0 aromatic rings. The monoisotopic (exact) mass is 284 g/mol. The average Bonchev–Trinajstić information content (AvgIpc) is 2.84. The van der Waals surface area contributed by atoms with E-state index in [1.807, 2.05) is 6.92 Å². The Morgan fingerprint density at radius 2 is 2.30 bits per heavy atom. The maximum absolute atomic E-state index is 10.1. The van der Waals surface area contributed by atoms with Crippen LogP contribution in [0.25, 0.3) is 0 Å². The zero-order valence-corrected chi connectivity index (χ0v) is 11.8. The molecule has 0 aromatic heterocycles. The molecule has 2 aliphatic rings. The molecule has 0 bridgehead atoms. The van der Waals surface area contributed by atoms with E-state index in [0.717, 1.165) is 0 Å². The predicted octanol–water partition coefficient (Wildman–Crippen LogP) is -0.133. The van der Waals surface area contributed by atoms with Gasteiger partial charge >= 0.3 is 0 Å². The Morgan fingerprint density at radius 1 is 1.55 bits per heavy atom. The van der Waals surface area contributed by atoms with Crippen LogP contribution in [0.1, 0.15) is 13.3 Å². The first-order valence-electron chi connectivity index (χ1n) is 6.53.